The first kappa shape index (κ1) is 18.1. The summed E-state index contributed by atoms with van der Waals surface area (Å²) < 4.78 is 5.09. The van der Waals surface area contributed by atoms with E-state index in [2.05, 4.69) is 0 Å². The average molecular weight is 350 g/mol. The molecule has 26 heavy (non-hydrogen) atoms. The number of Topliss-reactive ketones (excluding diaryl/α,β-unsaturated/α-hetero) is 2. The van der Waals surface area contributed by atoms with Gasteiger partial charge in [0, 0.05) is 11.1 Å². The van der Waals surface area contributed by atoms with Crippen molar-refractivity contribution in [1.82, 2.24) is 0 Å². The molecule has 0 aromatic heterocycles. The zero-order chi connectivity index (χ0) is 19.1. The number of carbonyl (C=O) groups is 3. The lowest BCUT2D eigenvalue weighted by molar-refractivity contribution is -0.143. The lowest BCUT2D eigenvalue weighted by atomic mass is 9.72. The average Bonchev–Trinajstić information content (AvgIpc) is 2.82. The molecule has 0 atom stereocenters. The third-order valence-corrected chi connectivity index (χ3v) is 5.33. The molecular weight excluding hydrogens is 328 g/mol. The number of hydrogen-bond donors (Lipinski definition) is 0. The molecule has 2 aromatic rings. The molecule has 0 heterocycles. The molecular formula is C22H22O4. The number of ether oxygens (including phenoxy) is 1. The highest BCUT2D eigenvalue weighted by Crippen LogP contribution is 2.43. The fourth-order valence-electron chi connectivity index (χ4n) is 3.68. The molecule has 4 heteroatoms. The Kier molecular flexibility index (Phi) is 4.53. The first-order chi connectivity index (χ1) is 12.3. The summed E-state index contributed by atoms with van der Waals surface area (Å²) in [5.41, 5.74) is 2.85. The van der Waals surface area contributed by atoms with Crippen LogP contribution in [-0.2, 0) is 14.9 Å². The van der Waals surface area contributed by atoms with Gasteiger partial charge in [0.2, 0.25) is 0 Å². The zero-order valence-electron chi connectivity index (χ0n) is 15.5. The maximum absolute atomic E-state index is 13.3. The van der Waals surface area contributed by atoms with E-state index in [1.165, 1.54) is 0 Å². The second kappa shape index (κ2) is 6.52. The third-order valence-electron chi connectivity index (χ3n) is 5.33. The molecule has 0 radical (unpaired) electrons. The van der Waals surface area contributed by atoms with Gasteiger partial charge < -0.3 is 4.74 Å². The highest BCUT2D eigenvalue weighted by Gasteiger charge is 2.55. The van der Waals surface area contributed by atoms with Crippen LogP contribution in [0.5, 0.6) is 0 Å². The van der Waals surface area contributed by atoms with E-state index < -0.39 is 11.4 Å². The standard InChI is InChI=1S/C22H22O4/c1-5-26-19(23)12-22(16-10-13(2)15(4)14(3)11-16)20(24)17-8-6-7-9-18(17)21(22)25/h6-11H,5,12H2,1-4H3. The SMILES string of the molecule is CCOC(=O)CC1(c2cc(C)c(C)c(C)c2)C(=O)c2ccccc2C1=O. The monoisotopic (exact) mass is 350 g/mol. The van der Waals surface area contributed by atoms with E-state index in [9.17, 15) is 14.4 Å². The number of esters is 1. The van der Waals surface area contributed by atoms with Gasteiger partial charge in [0.05, 0.1) is 13.0 Å². The van der Waals surface area contributed by atoms with Gasteiger partial charge in [-0.05, 0) is 49.9 Å². The van der Waals surface area contributed by atoms with Crippen molar-refractivity contribution in [3.8, 4) is 0 Å². The minimum atomic E-state index is -1.54. The largest absolute Gasteiger partial charge is 0.466 e. The molecule has 0 saturated heterocycles. The number of ketones is 2. The van der Waals surface area contributed by atoms with Gasteiger partial charge in [0.1, 0.15) is 5.41 Å². The maximum Gasteiger partial charge on any atom is 0.307 e. The summed E-state index contributed by atoms with van der Waals surface area (Å²) in [5, 5.41) is 0. The molecule has 1 aliphatic carbocycles. The number of hydrogen-bond acceptors (Lipinski definition) is 4. The Morgan fingerprint density at radius 3 is 1.92 bits per heavy atom. The van der Waals surface area contributed by atoms with Crippen LogP contribution in [0.15, 0.2) is 36.4 Å². The smallest absolute Gasteiger partial charge is 0.307 e. The van der Waals surface area contributed by atoms with Crippen LogP contribution in [0.3, 0.4) is 0 Å². The van der Waals surface area contributed by atoms with Crippen LogP contribution < -0.4 is 0 Å². The molecule has 3 rings (SSSR count). The Labute approximate surface area is 153 Å². The van der Waals surface area contributed by atoms with Gasteiger partial charge in [-0.1, -0.05) is 36.4 Å². The summed E-state index contributed by atoms with van der Waals surface area (Å²) in [6.07, 6.45) is -0.283. The van der Waals surface area contributed by atoms with Crippen LogP contribution in [0.4, 0.5) is 0 Å². The normalized spacial score (nSPS) is 15.1. The van der Waals surface area contributed by atoms with Gasteiger partial charge in [-0.25, -0.2) is 0 Å². The van der Waals surface area contributed by atoms with Crippen molar-refractivity contribution < 1.29 is 19.1 Å². The van der Waals surface area contributed by atoms with E-state index >= 15 is 0 Å². The fraction of sp³-hybridized carbons (Fsp3) is 0.318. The van der Waals surface area contributed by atoms with Gasteiger partial charge in [0.25, 0.3) is 0 Å². The van der Waals surface area contributed by atoms with Crippen LogP contribution in [0.2, 0.25) is 0 Å². The van der Waals surface area contributed by atoms with E-state index in [4.69, 9.17) is 4.74 Å². The molecule has 1 aliphatic rings. The zero-order valence-corrected chi connectivity index (χ0v) is 15.5. The minimum absolute atomic E-state index is 0.205. The van der Waals surface area contributed by atoms with E-state index in [0.29, 0.717) is 16.7 Å². The van der Waals surface area contributed by atoms with E-state index in [0.717, 1.165) is 16.7 Å². The molecule has 0 fully saturated rings. The summed E-state index contributed by atoms with van der Waals surface area (Å²) in [6, 6.07) is 10.5. The van der Waals surface area contributed by atoms with E-state index in [-0.39, 0.29) is 24.6 Å². The molecule has 0 unspecified atom stereocenters. The Morgan fingerprint density at radius 1 is 0.962 bits per heavy atom. The van der Waals surface area contributed by atoms with Crippen LogP contribution in [0.25, 0.3) is 0 Å². The van der Waals surface area contributed by atoms with Gasteiger partial charge in [-0.15, -0.1) is 0 Å². The van der Waals surface area contributed by atoms with Crippen molar-refractivity contribution in [3.05, 3.63) is 69.8 Å². The third kappa shape index (κ3) is 2.57. The Bertz CT molecular complexity index is 865. The quantitative estimate of drug-likeness (QED) is 0.620. The lowest BCUT2D eigenvalue weighted by Gasteiger charge is -2.27. The van der Waals surface area contributed by atoms with E-state index in [1.807, 2.05) is 32.9 Å². The van der Waals surface area contributed by atoms with Crippen molar-refractivity contribution in [2.75, 3.05) is 6.61 Å². The van der Waals surface area contributed by atoms with Crippen LogP contribution >= 0.6 is 0 Å². The van der Waals surface area contributed by atoms with Gasteiger partial charge in [-0.2, -0.15) is 0 Å². The maximum atomic E-state index is 13.3. The summed E-state index contributed by atoms with van der Waals surface area (Å²) >= 11 is 0. The summed E-state index contributed by atoms with van der Waals surface area (Å²) in [5.74, 6) is -1.19. The summed E-state index contributed by atoms with van der Waals surface area (Å²) in [7, 11) is 0. The topological polar surface area (TPSA) is 60.4 Å². The Morgan fingerprint density at radius 2 is 1.46 bits per heavy atom. The van der Waals surface area contributed by atoms with Gasteiger partial charge in [0.15, 0.2) is 11.6 Å². The predicted molar refractivity (Wildman–Crippen MR) is 98.7 cm³/mol. The molecule has 0 bridgehead atoms. The van der Waals surface area contributed by atoms with Crippen molar-refractivity contribution in [2.24, 2.45) is 0 Å². The van der Waals surface area contributed by atoms with Crippen molar-refractivity contribution >= 4 is 17.5 Å². The summed E-state index contributed by atoms with van der Waals surface area (Å²) in [4.78, 5) is 39.0. The Hall–Kier alpha value is -2.75. The molecule has 0 spiro atoms. The number of benzene rings is 2. The number of rotatable bonds is 4. The first-order valence-electron chi connectivity index (χ1n) is 8.75. The molecule has 134 valence electrons. The van der Waals surface area contributed by atoms with Crippen molar-refractivity contribution in [1.29, 1.82) is 0 Å². The Balaban J connectivity index is 2.25. The molecule has 0 N–H and O–H groups in total. The number of fused-ring (bicyclic) bond motifs is 1. The lowest BCUT2D eigenvalue weighted by Crippen LogP contribution is -2.41. The molecule has 0 saturated carbocycles. The van der Waals surface area contributed by atoms with Gasteiger partial charge in [-0.3, -0.25) is 14.4 Å². The predicted octanol–water partition coefficient (Wildman–Crippen LogP) is 3.88. The molecule has 4 nitrogen and oxygen atoms in total. The second-order valence-corrected chi connectivity index (χ2v) is 6.83. The van der Waals surface area contributed by atoms with E-state index in [1.54, 1.807) is 31.2 Å². The van der Waals surface area contributed by atoms with Crippen molar-refractivity contribution in [3.63, 3.8) is 0 Å². The van der Waals surface area contributed by atoms with Crippen LogP contribution in [-0.4, -0.2) is 24.1 Å². The number of aryl methyl sites for hydroxylation is 2. The molecule has 0 aliphatic heterocycles. The van der Waals surface area contributed by atoms with Crippen LogP contribution in [0.1, 0.15) is 56.3 Å². The summed E-state index contributed by atoms with van der Waals surface area (Å²) in [6.45, 7) is 7.80. The minimum Gasteiger partial charge on any atom is -0.466 e. The second-order valence-electron chi connectivity index (χ2n) is 6.83. The first-order valence-corrected chi connectivity index (χ1v) is 8.75. The molecule has 0 amide bonds. The highest BCUT2D eigenvalue weighted by molar-refractivity contribution is 6.34. The highest BCUT2D eigenvalue weighted by atomic mass is 16.5. The molecule has 2 aromatic carbocycles. The van der Waals surface area contributed by atoms with Crippen LogP contribution in [0, 0.1) is 20.8 Å². The van der Waals surface area contributed by atoms with Gasteiger partial charge >= 0.3 is 5.97 Å². The van der Waals surface area contributed by atoms with Crippen molar-refractivity contribution in [2.45, 2.75) is 39.5 Å². The number of carbonyl (C=O) groups excluding carboxylic acids is 3. The fourth-order valence-corrected chi connectivity index (χ4v) is 3.68.